The lowest BCUT2D eigenvalue weighted by atomic mass is 10.1. The predicted octanol–water partition coefficient (Wildman–Crippen LogP) is 0.866. The van der Waals surface area contributed by atoms with Crippen LogP contribution >= 0.6 is 12.4 Å². The van der Waals surface area contributed by atoms with E-state index in [9.17, 15) is 9.59 Å². The monoisotopic (exact) mass is 367 g/mol. The van der Waals surface area contributed by atoms with Gasteiger partial charge in [0.2, 0.25) is 5.91 Å². The van der Waals surface area contributed by atoms with Crippen molar-refractivity contribution in [3.05, 3.63) is 42.2 Å². The number of nitrogens with one attached hydrogen (secondary N) is 3. The molecular formula is C16H22ClN5O3. The molecule has 0 bridgehead atoms. The van der Waals surface area contributed by atoms with E-state index < -0.39 is 6.04 Å². The summed E-state index contributed by atoms with van der Waals surface area (Å²) in [6, 6.07) is 6.32. The molecule has 0 spiro atoms. The smallest absolute Gasteiger partial charge is 0.257 e. The minimum atomic E-state index is -0.497. The Morgan fingerprint density at radius 2 is 1.92 bits per heavy atom. The maximum Gasteiger partial charge on any atom is 0.257 e. The molecule has 1 atom stereocenters. The highest BCUT2D eigenvalue weighted by molar-refractivity contribution is 5.95. The standard InChI is InChI=1S/C16H21N5O3.ClH/c1-17-14(22)10-24-13-6-4-12(5-7-13)20-16(23)15(18-2)11-8-19-21(3)9-11;/h4-9,15,18H,10H2,1-3H3,(H,17,22)(H,20,23);1H. The summed E-state index contributed by atoms with van der Waals surface area (Å²) in [5, 5.41) is 12.3. The zero-order valence-electron chi connectivity index (χ0n) is 14.3. The highest BCUT2D eigenvalue weighted by Crippen LogP contribution is 2.18. The number of likely N-dealkylation sites (N-methyl/N-ethyl adjacent to an activating group) is 2. The number of anilines is 1. The Kier molecular flexibility index (Phi) is 7.90. The first-order chi connectivity index (χ1) is 11.5. The van der Waals surface area contributed by atoms with Crippen molar-refractivity contribution in [1.82, 2.24) is 20.4 Å². The molecule has 2 rings (SSSR count). The van der Waals surface area contributed by atoms with E-state index in [1.54, 1.807) is 62.5 Å². The van der Waals surface area contributed by atoms with Gasteiger partial charge in [-0.3, -0.25) is 14.3 Å². The molecule has 25 heavy (non-hydrogen) atoms. The Labute approximate surface area is 152 Å². The summed E-state index contributed by atoms with van der Waals surface area (Å²) >= 11 is 0. The fourth-order valence-corrected chi connectivity index (χ4v) is 2.11. The summed E-state index contributed by atoms with van der Waals surface area (Å²) in [6.45, 7) is -0.0506. The second-order valence-corrected chi connectivity index (χ2v) is 5.14. The van der Waals surface area contributed by atoms with E-state index in [4.69, 9.17) is 4.74 Å². The Morgan fingerprint density at radius 3 is 2.44 bits per heavy atom. The van der Waals surface area contributed by atoms with E-state index in [2.05, 4.69) is 21.0 Å². The van der Waals surface area contributed by atoms with Gasteiger partial charge in [0.15, 0.2) is 6.61 Å². The lowest BCUT2D eigenvalue weighted by Gasteiger charge is -2.15. The van der Waals surface area contributed by atoms with Crippen LogP contribution in [0.4, 0.5) is 5.69 Å². The lowest BCUT2D eigenvalue weighted by molar-refractivity contribution is -0.122. The van der Waals surface area contributed by atoms with Crippen molar-refractivity contribution < 1.29 is 14.3 Å². The zero-order valence-corrected chi connectivity index (χ0v) is 15.1. The van der Waals surface area contributed by atoms with Gasteiger partial charge in [-0.05, 0) is 31.3 Å². The minimum absolute atomic E-state index is 0. The summed E-state index contributed by atoms with van der Waals surface area (Å²) < 4.78 is 6.96. The van der Waals surface area contributed by atoms with Gasteiger partial charge in [0.25, 0.3) is 5.91 Å². The molecule has 0 aliphatic carbocycles. The van der Waals surface area contributed by atoms with E-state index >= 15 is 0 Å². The number of benzene rings is 1. The number of nitrogens with zero attached hydrogens (tertiary/aromatic N) is 2. The Morgan fingerprint density at radius 1 is 1.24 bits per heavy atom. The van der Waals surface area contributed by atoms with Gasteiger partial charge in [-0.1, -0.05) is 0 Å². The first-order valence-electron chi connectivity index (χ1n) is 7.43. The molecule has 1 aromatic carbocycles. The third-order valence-electron chi connectivity index (χ3n) is 3.38. The molecule has 0 fully saturated rings. The van der Waals surface area contributed by atoms with Gasteiger partial charge in [-0.2, -0.15) is 5.10 Å². The normalized spacial score (nSPS) is 11.2. The van der Waals surface area contributed by atoms with Crippen molar-refractivity contribution in [2.45, 2.75) is 6.04 Å². The Balaban J connectivity index is 0.00000312. The molecular weight excluding hydrogens is 346 g/mol. The van der Waals surface area contributed by atoms with Crippen molar-refractivity contribution >= 4 is 29.9 Å². The summed E-state index contributed by atoms with van der Waals surface area (Å²) in [5.74, 6) is 0.152. The van der Waals surface area contributed by atoms with Crippen LogP contribution in [0.15, 0.2) is 36.7 Å². The largest absolute Gasteiger partial charge is 0.484 e. The van der Waals surface area contributed by atoms with Gasteiger partial charge < -0.3 is 20.7 Å². The number of carbonyl (C=O) groups excluding carboxylic acids is 2. The van der Waals surface area contributed by atoms with Crippen molar-refractivity contribution in [2.24, 2.45) is 7.05 Å². The SMILES string of the molecule is CNC(=O)COc1ccc(NC(=O)C(NC)c2cnn(C)c2)cc1.Cl. The summed E-state index contributed by atoms with van der Waals surface area (Å²) in [7, 11) is 5.06. The van der Waals surface area contributed by atoms with E-state index in [0.29, 0.717) is 11.4 Å². The topological polar surface area (TPSA) is 97.3 Å². The third-order valence-corrected chi connectivity index (χ3v) is 3.38. The molecule has 2 aromatic rings. The molecule has 9 heteroatoms. The van der Waals surface area contributed by atoms with E-state index in [1.165, 1.54) is 0 Å². The second-order valence-electron chi connectivity index (χ2n) is 5.14. The van der Waals surface area contributed by atoms with Gasteiger partial charge in [0.05, 0.1) is 6.20 Å². The Hall–Kier alpha value is -2.58. The number of rotatable bonds is 7. The van der Waals surface area contributed by atoms with Crippen molar-refractivity contribution in [1.29, 1.82) is 0 Å². The van der Waals surface area contributed by atoms with Crippen molar-refractivity contribution in [2.75, 3.05) is 26.0 Å². The fraction of sp³-hybridized carbons (Fsp3) is 0.312. The summed E-state index contributed by atoms with van der Waals surface area (Å²) in [4.78, 5) is 23.5. The van der Waals surface area contributed by atoms with Crippen LogP contribution in [0.3, 0.4) is 0 Å². The lowest BCUT2D eigenvalue weighted by Crippen LogP contribution is -2.30. The number of hydrogen-bond donors (Lipinski definition) is 3. The number of amides is 2. The van der Waals surface area contributed by atoms with Gasteiger partial charge >= 0.3 is 0 Å². The minimum Gasteiger partial charge on any atom is -0.484 e. The number of ether oxygens (including phenoxy) is 1. The molecule has 0 saturated carbocycles. The van der Waals surface area contributed by atoms with Crippen LogP contribution in [0.1, 0.15) is 11.6 Å². The maximum atomic E-state index is 12.4. The average molecular weight is 368 g/mol. The molecule has 0 aliphatic heterocycles. The third kappa shape index (κ3) is 5.77. The van der Waals surface area contributed by atoms with Crippen LogP contribution < -0.4 is 20.7 Å². The highest BCUT2D eigenvalue weighted by Gasteiger charge is 2.20. The number of carbonyl (C=O) groups is 2. The van der Waals surface area contributed by atoms with Crippen LogP contribution in [0, 0.1) is 0 Å². The van der Waals surface area contributed by atoms with Crippen molar-refractivity contribution in [3.8, 4) is 5.75 Å². The molecule has 0 radical (unpaired) electrons. The predicted molar refractivity (Wildman–Crippen MR) is 96.9 cm³/mol. The molecule has 2 amide bonds. The average Bonchev–Trinajstić information content (AvgIpc) is 3.00. The van der Waals surface area contributed by atoms with Gasteiger partial charge in [-0.25, -0.2) is 0 Å². The quantitative estimate of drug-likeness (QED) is 0.674. The van der Waals surface area contributed by atoms with Gasteiger partial charge in [0.1, 0.15) is 11.8 Å². The molecule has 1 heterocycles. The number of aryl methyl sites for hydroxylation is 1. The fourth-order valence-electron chi connectivity index (χ4n) is 2.11. The number of halogens is 1. The highest BCUT2D eigenvalue weighted by atomic mass is 35.5. The zero-order chi connectivity index (χ0) is 17.5. The molecule has 1 aromatic heterocycles. The second kappa shape index (κ2) is 9.65. The van der Waals surface area contributed by atoms with Crippen LogP contribution in [-0.2, 0) is 16.6 Å². The maximum absolute atomic E-state index is 12.4. The summed E-state index contributed by atoms with van der Waals surface area (Å²) in [6.07, 6.45) is 3.44. The Bertz CT molecular complexity index is 702. The van der Waals surface area contributed by atoms with E-state index in [0.717, 1.165) is 5.56 Å². The van der Waals surface area contributed by atoms with Gasteiger partial charge in [0, 0.05) is 31.5 Å². The first-order valence-corrected chi connectivity index (χ1v) is 7.43. The van der Waals surface area contributed by atoms with E-state index in [1.807, 2.05) is 0 Å². The molecule has 3 N–H and O–H groups in total. The van der Waals surface area contributed by atoms with Crippen LogP contribution in [0.25, 0.3) is 0 Å². The molecule has 0 aliphatic rings. The number of aromatic nitrogens is 2. The summed E-state index contributed by atoms with van der Waals surface area (Å²) in [5.41, 5.74) is 1.42. The van der Waals surface area contributed by atoms with Crippen LogP contribution in [0.2, 0.25) is 0 Å². The molecule has 1 unspecified atom stereocenters. The number of hydrogen-bond acceptors (Lipinski definition) is 5. The van der Waals surface area contributed by atoms with Crippen molar-refractivity contribution in [3.63, 3.8) is 0 Å². The van der Waals surface area contributed by atoms with E-state index in [-0.39, 0.29) is 30.8 Å². The first kappa shape index (κ1) is 20.5. The molecule has 136 valence electrons. The van der Waals surface area contributed by atoms with Gasteiger partial charge in [-0.15, -0.1) is 12.4 Å². The molecule has 0 saturated heterocycles. The van der Waals surface area contributed by atoms with Crippen LogP contribution in [0.5, 0.6) is 5.75 Å². The molecule has 8 nitrogen and oxygen atoms in total. The van der Waals surface area contributed by atoms with Crippen LogP contribution in [-0.4, -0.2) is 42.3 Å².